The minimum Gasteiger partial charge on any atom is -0.353 e. The fourth-order valence-corrected chi connectivity index (χ4v) is 2.05. The molecule has 0 aliphatic carbocycles. The smallest absolute Gasteiger partial charge is 0.292 e. The first kappa shape index (κ1) is 10.9. The minimum atomic E-state index is -0.316. The molecule has 0 bridgehead atoms. The van der Waals surface area contributed by atoms with E-state index in [1.165, 1.54) is 0 Å². The van der Waals surface area contributed by atoms with Crippen molar-refractivity contribution in [3.8, 4) is 0 Å². The quantitative estimate of drug-likeness (QED) is 0.563. The van der Waals surface area contributed by atoms with Gasteiger partial charge >= 0.3 is 0 Å². The van der Waals surface area contributed by atoms with Crippen molar-refractivity contribution in [3.63, 3.8) is 0 Å². The van der Waals surface area contributed by atoms with Crippen molar-refractivity contribution in [1.29, 1.82) is 0 Å². The molecule has 0 aromatic heterocycles. The van der Waals surface area contributed by atoms with Crippen LogP contribution in [0.15, 0.2) is 24.3 Å². The van der Waals surface area contributed by atoms with Gasteiger partial charge in [-0.3, -0.25) is 15.0 Å². The van der Waals surface area contributed by atoms with E-state index in [1.807, 2.05) is 19.2 Å². The van der Waals surface area contributed by atoms with Crippen LogP contribution in [0.3, 0.4) is 0 Å². The summed E-state index contributed by atoms with van der Waals surface area (Å²) in [6.45, 7) is 2.69. The predicted octanol–water partition coefficient (Wildman–Crippen LogP) is 1.69. The summed E-state index contributed by atoms with van der Waals surface area (Å²) in [5.41, 5.74) is 0.914. The number of nitro benzene ring substituents is 1. The van der Waals surface area contributed by atoms with Gasteiger partial charge in [-0.05, 0) is 19.5 Å². The molecule has 1 aromatic rings. The van der Waals surface area contributed by atoms with Crippen LogP contribution in [0.4, 0.5) is 11.4 Å². The number of anilines is 1. The van der Waals surface area contributed by atoms with Crippen LogP contribution in [0.25, 0.3) is 0 Å². The molecule has 1 saturated heterocycles. The van der Waals surface area contributed by atoms with E-state index >= 15 is 0 Å². The normalized spacial score (nSPS) is 17.4. The Bertz CT molecular complexity index is 395. The van der Waals surface area contributed by atoms with Crippen LogP contribution in [0.2, 0.25) is 0 Å². The molecule has 1 aliphatic rings. The van der Waals surface area contributed by atoms with E-state index in [2.05, 4.69) is 9.80 Å². The number of benzene rings is 1. The fourth-order valence-electron chi connectivity index (χ4n) is 2.05. The number of hydrogen-bond donors (Lipinski definition) is 0. The third-order valence-corrected chi connectivity index (χ3v) is 2.80. The largest absolute Gasteiger partial charge is 0.353 e. The molecule has 0 unspecified atom stereocenters. The van der Waals surface area contributed by atoms with Gasteiger partial charge in [0, 0.05) is 19.2 Å². The third kappa shape index (κ3) is 2.14. The molecule has 0 amide bonds. The maximum absolute atomic E-state index is 10.9. The molecule has 0 N–H and O–H groups in total. The summed E-state index contributed by atoms with van der Waals surface area (Å²) >= 11 is 0. The molecule has 0 atom stereocenters. The van der Waals surface area contributed by atoms with E-state index in [9.17, 15) is 10.1 Å². The molecule has 0 spiro atoms. The second-order valence-corrected chi connectivity index (χ2v) is 4.08. The molecule has 0 radical (unpaired) electrons. The zero-order valence-electron chi connectivity index (χ0n) is 9.30. The van der Waals surface area contributed by atoms with Crippen LogP contribution in [0.5, 0.6) is 0 Å². The topological polar surface area (TPSA) is 49.6 Å². The van der Waals surface area contributed by atoms with Gasteiger partial charge in [-0.15, -0.1) is 0 Å². The second kappa shape index (κ2) is 4.49. The number of para-hydroxylation sites is 2. The maximum Gasteiger partial charge on any atom is 0.292 e. The highest BCUT2D eigenvalue weighted by atomic mass is 16.6. The summed E-state index contributed by atoms with van der Waals surface area (Å²) in [5.74, 6) is 0. The first-order valence-electron chi connectivity index (χ1n) is 5.35. The number of hydrogen-bond acceptors (Lipinski definition) is 4. The number of nitrogens with zero attached hydrogens (tertiary/aromatic N) is 3. The van der Waals surface area contributed by atoms with E-state index in [0.717, 1.165) is 31.9 Å². The lowest BCUT2D eigenvalue weighted by Gasteiger charge is -2.34. The lowest BCUT2D eigenvalue weighted by Crippen LogP contribution is -2.42. The second-order valence-electron chi connectivity index (χ2n) is 4.08. The first-order valence-corrected chi connectivity index (χ1v) is 5.35. The van der Waals surface area contributed by atoms with E-state index in [4.69, 9.17) is 0 Å². The highest BCUT2D eigenvalue weighted by Gasteiger charge is 2.21. The Morgan fingerprint density at radius 1 is 1.31 bits per heavy atom. The Hall–Kier alpha value is -1.62. The van der Waals surface area contributed by atoms with E-state index in [-0.39, 0.29) is 10.6 Å². The van der Waals surface area contributed by atoms with E-state index in [1.54, 1.807) is 12.1 Å². The van der Waals surface area contributed by atoms with Crippen molar-refractivity contribution < 1.29 is 4.92 Å². The molecule has 1 aliphatic heterocycles. The molecular weight excluding hydrogens is 206 g/mol. The summed E-state index contributed by atoms with van der Waals surface area (Å²) in [5, 5.41) is 10.9. The summed E-state index contributed by atoms with van der Waals surface area (Å²) in [6.07, 6.45) is 1.04. The predicted molar refractivity (Wildman–Crippen MR) is 62.6 cm³/mol. The molecule has 0 saturated carbocycles. The van der Waals surface area contributed by atoms with Gasteiger partial charge in [-0.25, -0.2) is 0 Å². The van der Waals surface area contributed by atoms with Crippen LogP contribution >= 0.6 is 0 Å². The SMILES string of the molecule is CN1CCCN(c2ccccc2[N+](=O)[O-])C1. The highest BCUT2D eigenvalue weighted by molar-refractivity contribution is 5.63. The maximum atomic E-state index is 10.9. The van der Waals surface area contributed by atoms with Gasteiger partial charge in [-0.2, -0.15) is 0 Å². The Morgan fingerprint density at radius 2 is 2.06 bits per heavy atom. The lowest BCUT2D eigenvalue weighted by atomic mass is 10.2. The molecule has 1 heterocycles. The van der Waals surface area contributed by atoms with Gasteiger partial charge in [-0.1, -0.05) is 12.1 Å². The van der Waals surface area contributed by atoms with Gasteiger partial charge in [0.2, 0.25) is 0 Å². The monoisotopic (exact) mass is 221 g/mol. The van der Waals surface area contributed by atoms with Crippen molar-refractivity contribution in [3.05, 3.63) is 34.4 Å². The standard InChI is InChI=1S/C11H15N3O2/c1-12-7-4-8-13(9-12)10-5-2-3-6-11(10)14(15)16/h2-3,5-6H,4,7-9H2,1H3. The van der Waals surface area contributed by atoms with Gasteiger partial charge in [0.05, 0.1) is 11.6 Å². The third-order valence-electron chi connectivity index (χ3n) is 2.80. The van der Waals surface area contributed by atoms with Crippen molar-refractivity contribution in [2.75, 3.05) is 31.7 Å². The molecule has 2 rings (SSSR count). The summed E-state index contributed by atoms with van der Waals surface area (Å²) in [4.78, 5) is 14.8. The van der Waals surface area contributed by atoms with Gasteiger partial charge < -0.3 is 4.90 Å². The average molecular weight is 221 g/mol. The molecule has 86 valence electrons. The average Bonchev–Trinajstić information content (AvgIpc) is 2.29. The van der Waals surface area contributed by atoms with Crippen LogP contribution in [-0.4, -0.2) is 36.6 Å². The molecular formula is C11H15N3O2. The minimum absolute atomic E-state index is 0.192. The van der Waals surface area contributed by atoms with Crippen LogP contribution in [0, 0.1) is 10.1 Å². The fraction of sp³-hybridized carbons (Fsp3) is 0.455. The number of nitro groups is 1. The highest BCUT2D eigenvalue weighted by Crippen LogP contribution is 2.28. The zero-order chi connectivity index (χ0) is 11.5. The van der Waals surface area contributed by atoms with E-state index in [0.29, 0.717) is 0 Å². The Morgan fingerprint density at radius 3 is 2.75 bits per heavy atom. The zero-order valence-corrected chi connectivity index (χ0v) is 9.30. The van der Waals surface area contributed by atoms with Crippen LogP contribution < -0.4 is 4.90 Å². The first-order chi connectivity index (χ1) is 7.68. The van der Waals surface area contributed by atoms with Crippen molar-refractivity contribution in [1.82, 2.24) is 4.90 Å². The molecule has 1 aromatic carbocycles. The molecule has 5 heteroatoms. The Labute approximate surface area is 94.4 Å². The van der Waals surface area contributed by atoms with Gasteiger partial charge in [0.15, 0.2) is 0 Å². The summed E-state index contributed by atoms with van der Waals surface area (Å²) < 4.78 is 0. The lowest BCUT2D eigenvalue weighted by molar-refractivity contribution is -0.384. The molecule has 16 heavy (non-hydrogen) atoms. The van der Waals surface area contributed by atoms with Gasteiger partial charge in [0.25, 0.3) is 5.69 Å². The summed E-state index contributed by atoms with van der Waals surface area (Å²) in [7, 11) is 2.03. The van der Waals surface area contributed by atoms with E-state index < -0.39 is 0 Å². The molecule has 1 fully saturated rings. The van der Waals surface area contributed by atoms with Crippen LogP contribution in [0.1, 0.15) is 6.42 Å². The van der Waals surface area contributed by atoms with Crippen molar-refractivity contribution in [2.45, 2.75) is 6.42 Å². The van der Waals surface area contributed by atoms with Crippen LogP contribution in [-0.2, 0) is 0 Å². The Balaban J connectivity index is 2.28. The van der Waals surface area contributed by atoms with Gasteiger partial charge in [0.1, 0.15) is 5.69 Å². The molecule has 5 nitrogen and oxygen atoms in total. The Kier molecular flexibility index (Phi) is 3.05. The summed E-state index contributed by atoms with van der Waals surface area (Å²) in [6, 6.07) is 6.92. The van der Waals surface area contributed by atoms with Crippen molar-refractivity contribution in [2.24, 2.45) is 0 Å². The van der Waals surface area contributed by atoms with Crippen molar-refractivity contribution >= 4 is 11.4 Å². The number of rotatable bonds is 2.